The van der Waals surface area contributed by atoms with Crippen LogP contribution in [0.2, 0.25) is 0 Å². The van der Waals surface area contributed by atoms with E-state index in [-0.39, 0.29) is 11.3 Å². The zero-order valence-corrected chi connectivity index (χ0v) is 8.85. The summed E-state index contributed by atoms with van der Waals surface area (Å²) in [6, 6.07) is 4.17. The monoisotopic (exact) mass is 249 g/mol. The first-order chi connectivity index (χ1) is 7.49. The molecule has 0 unspecified atom stereocenters. The summed E-state index contributed by atoms with van der Waals surface area (Å²) >= 11 is 1.21. The van der Waals surface area contributed by atoms with Gasteiger partial charge in [0.25, 0.3) is 5.22 Å². The van der Waals surface area contributed by atoms with Crippen LogP contribution in [-0.4, -0.2) is 17.6 Å². The molecule has 2 rings (SSSR count). The Kier molecular flexibility index (Phi) is 2.71. The number of oxazole rings is 1. The lowest BCUT2D eigenvalue weighted by atomic mass is 10.3. The minimum absolute atomic E-state index is 0.00387. The van der Waals surface area contributed by atoms with Gasteiger partial charge in [-0.15, -0.1) is 13.2 Å². The summed E-state index contributed by atoms with van der Waals surface area (Å²) in [6.45, 7) is 0. The van der Waals surface area contributed by atoms with Crippen molar-refractivity contribution in [3.8, 4) is 5.75 Å². The summed E-state index contributed by atoms with van der Waals surface area (Å²) in [6.07, 6.45) is -3.02. The van der Waals surface area contributed by atoms with E-state index in [1.807, 2.05) is 0 Å². The van der Waals surface area contributed by atoms with Gasteiger partial charge >= 0.3 is 6.36 Å². The van der Waals surface area contributed by atoms with Gasteiger partial charge in [-0.3, -0.25) is 0 Å². The van der Waals surface area contributed by atoms with Gasteiger partial charge in [-0.2, -0.15) is 0 Å². The molecule has 1 aromatic carbocycles. The van der Waals surface area contributed by atoms with E-state index >= 15 is 0 Å². The van der Waals surface area contributed by atoms with E-state index in [1.165, 1.54) is 23.9 Å². The number of rotatable bonds is 2. The average Bonchev–Trinajstić information content (AvgIpc) is 2.59. The molecule has 0 saturated carbocycles. The minimum Gasteiger partial charge on any atom is -0.427 e. The number of nitrogens with zero attached hydrogens (tertiary/aromatic N) is 1. The number of hydrogen-bond acceptors (Lipinski definition) is 4. The van der Waals surface area contributed by atoms with Crippen LogP contribution in [0.25, 0.3) is 11.1 Å². The Morgan fingerprint density at radius 1 is 1.38 bits per heavy atom. The molecular formula is C9H6F3NO2S. The number of para-hydroxylation sites is 1. The minimum atomic E-state index is -4.74. The van der Waals surface area contributed by atoms with E-state index in [0.717, 1.165) is 0 Å². The van der Waals surface area contributed by atoms with Crippen molar-refractivity contribution >= 4 is 22.9 Å². The molecule has 0 saturated heterocycles. The molecule has 0 bridgehead atoms. The number of benzene rings is 1. The summed E-state index contributed by atoms with van der Waals surface area (Å²) in [4.78, 5) is 3.97. The molecule has 0 fully saturated rings. The van der Waals surface area contributed by atoms with Crippen LogP contribution in [0.4, 0.5) is 13.2 Å². The molecule has 1 heterocycles. The predicted molar refractivity (Wildman–Crippen MR) is 52.5 cm³/mol. The highest BCUT2D eigenvalue weighted by atomic mass is 32.2. The van der Waals surface area contributed by atoms with Crippen molar-refractivity contribution in [3.63, 3.8) is 0 Å². The maximum Gasteiger partial charge on any atom is 0.573 e. The Hall–Kier alpha value is -1.37. The molecule has 3 nitrogen and oxygen atoms in total. The number of thioether (sulfide) groups is 1. The molecule has 0 spiro atoms. The highest BCUT2D eigenvalue weighted by Gasteiger charge is 2.32. The fraction of sp³-hybridized carbons (Fsp3) is 0.222. The van der Waals surface area contributed by atoms with E-state index in [1.54, 1.807) is 12.3 Å². The second kappa shape index (κ2) is 3.89. The van der Waals surface area contributed by atoms with Gasteiger partial charge in [0, 0.05) is 0 Å². The van der Waals surface area contributed by atoms with Crippen LogP contribution >= 0.6 is 11.8 Å². The van der Waals surface area contributed by atoms with Crippen molar-refractivity contribution in [3.05, 3.63) is 18.2 Å². The number of ether oxygens (including phenoxy) is 1. The molecule has 16 heavy (non-hydrogen) atoms. The Balaban J connectivity index is 2.48. The lowest BCUT2D eigenvalue weighted by Crippen LogP contribution is -2.17. The van der Waals surface area contributed by atoms with Crippen molar-refractivity contribution < 1.29 is 22.3 Å². The van der Waals surface area contributed by atoms with Gasteiger partial charge in [-0.05, 0) is 18.4 Å². The van der Waals surface area contributed by atoms with Crippen LogP contribution in [0.3, 0.4) is 0 Å². The molecule has 0 aliphatic heterocycles. The van der Waals surface area contributed by atoms with E-state index in [4.69, 9.17) is 4.42 Å². The van der Waals surface area contributed by atoms with Crippen molar-refractivity contribution in [2.75, 3.05) is 6.26 Å². The third-order valence-electron chi connectivity index (χ3n) is 1.76. The van der Waals surface area contributed by atoms with Crippen molar-refractivity contribution in [1.82, 2.24) is 4.98 Å². The van der Waals surface area contributed by atoms with Gasteiger partial charge in [0.05, 0.1) is 0 Å². The van der Waals surface area contributed by atoms with Gasteiger partial charge in [0.15, 0.2) is 11.3 Å². The molecule has 2 aromatic rings. The van der Waals surface area contributed by atoms with E-state index in [9.17, 15) is 13.2 Å². The van der Waals surface area contributed by atoms with E-state index in [0.29, 0.717) is 10.7 Å². The first-order valence-corrected chi connectivity index (χ1v) is 5.41. The lowest BCUT2D eigenvalue weighted by Gasteiger charge is -2.07. The summed E-state index contributed by atoms with van der Waals surface area (Å²) in [7, 11) is 0. The first kappa shape index (κ1) is 11.1. The maximum atomic E-state index is 12.1. The summed E-state index contributed by atoms with van der Waals surface area (Å²) < 4.78 is 45.2. The van der Waals surface area contributed by atoms with Crippen molar-refractivity contribution in [2.24, 2.45) is 0 Å². The molecule has 0 aliphatic rings. The molecule has 86 valence electrons. The molecular weight excluding hydrogens is 243 g/mol. The molecule has 7 heteroatoms. The largest absolute Gasteiger partial charge is 0.573 e. The van der Waals surface area contributed by atoms with E-state index < -0.39 is 6.36 Å². The zero-order chi connectivity index (χ0) is 11.8. The van der Waals surface area contributed by atoms with Crippen LogP contribution in [0, 0.1) is 0 Å². The molecule has 0 N–H and O–H groups in total. The van der Waals surface area contributed by atoms with Crippen LogP contribution in [0.1, 0.15) is 0 Å². The van der Waals surface area contributed by atoms with Crippen molar-refractivity contribution in [2.45, 2.75) is 11.6 Å². The molecule has 0 amide bonds. The van der Waals surface area contributed by atoms with Crippen LogP contribution in [-0.2, 0) is 0 Å². The number of fused-ring (bicyclic) bond motifs is 1. The predicted octanol–water partition coefficient (Wildman–Crippen LogP) is 3.45. The van der Waals surface area contributed by atoms with Crippen LogP contribution in [0.15, 0.2) is 27.8 Å². The van der Waals surface area contributed by atoms with E-state index in [2.05, 4.69) is 9.72 Å². The smallest absolute Gasteiger partial charge is 0.427 e. The van der Waals surface area contributed by atoms with Gasteiger partial charge < -0.3 is 9.15 Å². The van der Waals surface area contributed by atoms with Gasteiger partial charge in [-0.1, -0.05) is 17.8 Å². The normalized spacial score (nSPS) is 12.0. The number of aromatic nitrogens is 1. The van der Waals surface area contributed by atoms with Gasteiger partial charge in [0.2, 0.25) is 0 Å². The fourth-order valence-corrected chi connectivity index (χ4v) is 1.55. The molecule has 0 atom stereocenters. The molecule has 1 aromatic heterocycles. The summed E-state index contributed by atoms with van der Waals surface area (Å²) in [5.41, 5.74) is 0.343. The molecule has 0 radical (unpaired) electrons. The number of halogens is 3. The second-order valence-corrected chi connectivity index (χ2v) is 3.59. The number of hydrogen-bond donors (Lipinski definition) is 0. The Morgan fingerprint density at radius 2 is 2.12 bits per heavy atom. The topological polar surface area (TPSA) is 35.3 Å². The third kappa shape index (κ3) is 2.24. The van der Waals surface area contributed by atoms with Gasteiger partial charge in [-0.25, -0.2) is 4.98 Å². The zero-order valence-electron chi connectivity index (χ0n) is 8.04. The third-order valence-corrected chi connectivity index (χ3v) is 2.28. The Morgan fingerprint density at radius 3 is 2.75 bits per heavy atom. The summed E-state index contributed by atoms with van der Waals surface area (Å²) in [5.74, 6) is -0.377. The quantitative estimate of drug-likeness (QED) is 0.763. The highest BCUT2D eigenvalue weighted by molar-refractivity contribution is 7.98. The highest BCUT2D eigenvalue weighted by Crippen LogP contribution is 2.32. The van der Waals surface area contributed by atoms with Crippen molar-refractivity contribution in [1.29, 1.82) is 0 Å². The SMILES string of the molecule is CSc1nc2cccc(OC(F)(F)F)c2o1. The standard InChI is InChI=1S/C9H6F3NO2S/c1-16-8-13-5-3-2-4-6(7(5)14-8)15-9(10,11)12/h2-4H,1H3. The second-order valence-electron chi connectivity index (χ2n) is 2.84. The van der Waals surface area contributed by atoms with Crippen LogP contribution in [0.5, 0.6) is 5.75 Å². The Labute approximate surface area is 92.6 Å². The first-order valence-electron chi connectivity index (χ1n) is 4.19. The number of alkyl halides is 3. The Bertz CT molecular complexity index is 509. The van der Waals surface area contributed by atoms with Gasteiger partial charge in [0.1, 0.15) is 5.52 Å². The molecule has 0 aliphatic carbocycles. The lowest BCUT2D eigenvalue weighted by molar-refractivity contribution is -0.274. The average molecular weight is 249 g/mol. The summed E-state index contributed by atoms with van der Waals surface area (Å²) in [5, 5.41) is 0.299. The maximum absolute atomic E-state index is 12.1. The van der Waals surface area contributed by atoms with Crippen LogP contribution < -0.4 is 4.74 Å². The fourth-order valence-electron chi connectivity index (χ4n) is 1.20.